The molecular formula is C23H24N2O7. The third-order valence-electron chi connectivity index (χ3n) is 4.42. The molecule has 3 rings (SSSR count). The molecule has 0 unspecified atom stereocenters. The van der Waals surface area contributed by atoms with Crippen molar-refractivity contribution in [1.82, 2.24) is 9.55 Å². The highest BCUT2D eigenvalue weighted by Gasteiger charge is 2.08. The number of aromatic nitrogens is 2. The number of aromatic amines is 1. The number of ether oxygens (including phenoxy) is 4. The lowest BCUT2D eigenvalue weighted by molar-refractivity contribution is -0.142. The number of H-pyrrole nitrogens is 1. The van der Waals surface area contributed by atoms with Gasteiger partial charge in [0.2, 0.25) is 0 Å². The number of carbonyl (C=O) groups is 1. The monoisotopic (exact) mass is 440 g/mol. The summed E-state index contributed by atoms with van der Waals surface area (Å²) in [6.07, 6.45) is 1.75. The number of carbonyl (C=O) groups excluding carboxylic acids is 1. The molecule has 0 radical (unpaired) electrons. The third-order valence-corrected chi connectivity index (χ3v) is 4.42. The Morgan fingerprint density at radius 1 is 1.00 bits per heavy atom. The van der Waals surface area contributed by atoms with E-state index < -0.39 is 17.2 Å². The van der Waals surface area contributed by atoms with Gasteiger partial charge in [-0.1, -0.05) is 18.2 Å². The topological polar surface area (TPSA) is 109 Å². The van der Waals surface area contributed by atoms with Crippen molar-refractivity contribution in [1.29, 1.82) is 0 Å². The maximum atomic E-state index is 12.3. The predicted octanol–water partition coefficient (Wildman–Crippen LogP) is 2.47. The number of benzene rings is 2. The number of hydrogen-bond donors (Lipinski definition) is 1. The second-order valence-corrected chi connectivity index (χ2v) is 6.87. The first-order valence-corrected chi connectivity index (χ1v) is 9.89. The van der Waals surface area contributed by atoms with Gasteiger partial charge in [0.05, 0.1) is 13.7 Å². The number of hydrogen-bond acceptors (Lipinski definition) is 7. The van der Waals surface area contributed by atoms with Crippen LogP contribution in [0.3, 0.4) is 0 Å². The van der Waals surface area contributed by atoms with Crippen LogP contribution in [0.1, 0.15) is 18.1 Å². The van der Waals surface area contributed by atoms with Crippen LogP contribution < -0.4 is 20.7 Å². The predicted molar refractivity (Wildman–Crippen MR) is 116 cm³/mol. The Morgan fingerprint density at radius 3 is 2.47 bits per heavy atom. The summed E-state index contributed by atoms with van der Waals surface area (Å²) in [4.78, 5) is 37.4. The van der Waals surface area contributed by atoms with Crippen molar-refractivity contribution in [3.63, 3.8) is 0 Å². The fraction of sp³-hybridized carbons (Fsp3) is 0.261. The first-order chi connectivity index (χ1) is 15.4. The van der Waals surface area contributed by atoms with Gasteiger partial charge in [0.15, 0.2) is 0 Å². The number of rotatable bonds is 10. The Hall–Kier alpha value is -3.85. The summed E-state index contributed by atoms with van der Waals surface area (Å²) in [5.74, 6) is 1.50. The van der Waals surface area contributed by atoms with Gasteiger partial charge in [0.1, 0.15) is 30.6 Å². The van der Waals surface area contributed by atoms with Gasteiger partial charge in [-0.2, -0.15) is 0 Å². The largest absolute Gasteiger partial charge is 0.497 e. The van der Waals surface area contributed by atoms with Gasteiger partial charge < -0.3 is 18.9 Å². The summed E-state index contributed by atoms with van der Waals surface area (Å²) in [5, 5.41) is 0. The second-order valence-electron chi connectivity index (χ2n) is 6.87. The molecule has 0 atom stereocenters. The molecule has 9 heteroatoms. The highest BCUT2D eigenvalue weighted by molar-refractivity contribution is 5.65. The van der Waals surface area contributed by atoms with Crippen molar-refractivity contribution in [3.05, 3.63) is 86.7 Å². The van der Waals surface area contributed by atoms with E-state index in [1.54, 1.807) is 13.2 Å². The van der Waals surface area contributed by atoms with Gasteiger partial charge in [-0.3, -0.25) is 19.1 Å². The van der Waals surface area contributed by atoms with E-state index in [1.807, 2.05) is 42.5 Å². The Labute approximate surface area is 184 Å². The lowest BCUT2D eigenvalue weighted by Gasteiger charge is -2.10. The molecule has 0 bridgehead atoms. The number of nitrogens with zero attached hydrogens (tertiary/aromatic N) is 1. The quantitative estimate of drug-likeness (QED) is 0.381. The maximum Gasteiger partial charge on any atom is 0.330 e. The molecule has 9 nitrogen and oxygen atoms in total. The first-order valence-electron chi connectivity index (χ1n) is 9.89. The van der Waals surface area contributed by atoms with E-state index in [4.69, 9.17) is 18.9 Å². The molecule has 1 N–H and O–H groups in total. The molecule has 168 valence electrons. The first kappa shape index (κ1) is 22.8. The molecule has 0 aliphatic carbocycles. The van der Waals surface area contributed by atoms with E-state index in [2.05, 4.69) is 4.98 Å². The summed E-state index contributed by atoms with van der Waals surface area (Å²) in [5.41, 5.74) is 0.176. The lowest BCUT2D eigenvalue weighted by Crippen LogP contribution is -2.32. The van der Waals surface area contributed by atoms with Gasteiger partial charge in [-0.15, -0.1) is 0 Å². The second kappa shape index (κ2) is 11.0. The molecule has 0 spiro atoms. The Bertz CT molecular complexity index is 1180. The minimum absolute atomic E-state index is 0.0805. The zero-order valence-corrected chi connectivity index (χ0v) is 17.8. The van der Waals surface area contributed by atoms with Crippen molar-refractivity contribution in [3.8, 4) is 17.2 Å². The number of esters is 1. The molecule has 0 aliphatic heterocycles. The van der Waals surface area contributed by atoms with Gasteiger partial charge >= 0.3 is 11.7 Å². The normalized spacial score (nSPS) is 10.6. The number of methoxy groups -OCH3 is 1. The molecule has 1 heterocycles. The van der Waals surface area contributed by atoms with Crippen molar-refractivity contribution < 1.29 is 23.7 Å². The molecule has 0 aliphatic rings. The van der Waals surface area contributed by atoms with Crippen LogP contribution in [-0.4, -0.2) is 35.8 Å². The molecular weight excluding hydrogens is 416 g/mol. The molecule has 0 saturated heterocycles. The molecule has 2 aromatic carbocycles. The minimum Gasteiger partial charge on any atom is -0.497 e. The average Bonchev–Trinajstić information content (AvgIpc) is 2.76. The molecule has 3 aromatic rings. The van der Waals surface area contributed by atoms with Crippen LogP contribution in [0.15, 0.2) is 64.3 Å². The van der Waals surface area contributed by atoms with Gasteiger partial charge in [0, 0.05) is 31.2 Å². The van der Waals surface area contributed by atoms with Crippen molar-refractivity contribution in [2.75, 3.05) is 20.3 Å². The standard InChI is InChI=1S/C23H24N2O7/c1-16(26)31-10-9-30-15-25-14-18(22(27)24-23(25)28)11-17-5-3-7-20(12-17)32-21-8-4-6-19(13-21)29-2/h3-8,12-14H,9-11,15H2,1-2H3,(H,24,27,28). The van der Waals surface area contributed by atoms with Crippen LogP contribution in [0.25, 0.3) is 0 Å². The van der Waals surface area contributed by atoms with Gasteiger partial charge in [-0.25, -0.2) is 4.79 Å². The molecule has 0 fully saturated rings. The Kier molecular flexibility index (Phi) is 7.82. The molecule has 1 aromatic heterocycles. The summed E-state index contributed by atoms with van der Waals surface area (Å²) >= 11 is 0. The fourth-order valence-electron chi connectivity index (χ4n) is 2.92. The van der Waals surface area contributed by atoms with Crippen LogP contribution in [-0.2, 0) is 27.4 Å². The average molecular weight is 440 g/mol. The summed E-state index contributed by atoms with van der Waals surface area (Å²) < 4.78 is 22.4. The van der Waals surface area contributed by atoms with E-state index in [0.717, 1.165) is 5.56 Å². The van der Waals surface area contributed by atoms with E-state index in [0.29, 0.717) is 29.2 Å². The fourth-order valence-corrected chi connectivity index (χ4v) is 2.92. The zero-order valence-electron chi connectivity index (χ0n) is 17.8. The van der Waals surface area contributed by atoms with Gasteiger partial charge in [-0.05, 0) is 29.8 Å². The van der Waals surface area contributed by atoms with Gasteiger partial charge in [0.25, 0.3) is 5.56 Å². The number of nitrogens with one attached hydrogen (secondary N) is 1. The molecule has 0 saturated carbocycles. The van der Waals surface area contributed by atoms with Crippen LogP contribution in [0.5, 0.6) is 17.2 Å². The smallest absolute Gasteiger partial charge is 0.330 e. The van der Waals surface area contributed by atoms with Crippen LogP contribution in [0.4, 0.5) is 0 Å². The van der Waals surface area contributed by atoms with E-state index in [-0.39, 0.29) is 19.9 Å². The van der Waals surface area contributed by atoms with Crippen LogP contribution >= 0.6 is 0 Å². The summed E-state index contributed by atoms with van der Waals surface area (Å²) in [6.45, 7) is 1.43. The summed E-state index contributed by atoms with van der Waals surface area (Å²) in [6, 6.07) is 14.6. The highest BCUT2D eigenvalue weighted by atomic mass is 16.6. The zero-order chi connectivity index (χ0) is 22.9. The third kappa shape index (κ3) is 6.58. The highest BCUT2D eigenvalue weighted by Crippen LogP contribution is 2.26. The van der Waals surface area contributed by atoms with Crippen LogP contribution in [0, 0.1) is 0 Å². The minimum atomic E-state index is -0.582. The lowest BCUT2D eigenvalue weighted by atomic mass is 10.1. The molecule has 32 heavy (non-hydrogen) atoms. The van der Waals surface area contributed by atoms with E-state index in [9.17, 15) is 14.4 Å². The van der Waals surface area contributed by atoms with E-state index >= 15 is 0 Å². The summed E-state index contributed by atoms with van der Waals surface area (Å²) in [7, 11) is 1.58. The van der Waals surface area contributed by atoms with Crippen molar-refractivity contribution in [2.45, 2.75) is 20.1 Å². The maximum absolute atomic E-state index is 12.3. The van der Waals surface area contributed by atoms with Crippen LogP contribution in [0.2, 0.25) is 0 Å². The Morgan fingerprint density at radius 2 is 1.72 bits per heavy atom. The van der Waals surface area contributed by atoms with Crippen molar-refractivity contribution >= 4 is 5.97 Å². The SMILES string of the molecule is COc1cccc(Oc2cccc(Cc3cn(COCCOC(C)=O)c(=O)[nH]c3=O)c2)c1. The Balaban J connectivity index is 1.69. The van der Waals surface area contributed by atoms with E-state index in [1.165, 1.54) is 17.7 Å². The van der Waals surface area contributed by atoms with Crippen molar-refractivity contribution in [2.24, 2.45) is 0 Å². The molecule has 0 amide bonds.